The monoisotopic (exact) mass is 288 g/mol. The zero-order valence-corrected chi connectivity index (χ0v) is 13.5. The Balaban J connectivity index is 0. The maximum atomic E-state index is 10.2. The highest BCUT2D eigenvalue weighted by Crippen LogP contribution is 2.12. The van der Waals surface area contributed by atoms with Gasteiger partial charge in [0.05, 0.1) is 0 Å². The van der Waals surface area contributed by atoms with E-state index < -0.39 is 5.97 Å². The van der Waals surface area contributed by atoms with Gasteiger partial charge in [-0.3, -0.25) is 5.84 Å². The van der Waals surface area contributed by atoms with Crippen LogP contribution in [0.1, 0.15) is 96.8 Å². The molecule has 0 saturated carbocycles. The summed E-state index contributed by atoms with van der Waals surface area (Å²) in [5, 5.41) is 10.2. The fraction of sp³-hybridized carbons (Fsp3) is 0.938. The van der Waals surface area contributed by atoms with Crippen molar-refractivity contribution in [2.75, 3.05) is 0 Å². The third-order valence-electron chi connectivity index (χ3n) is 3.48. The topological polar surface area (TPSA) is 93.8 Å². The summed E-state index contributed by atoms with van der Waals surface area (Å²) in [4.78, 5) is 10.2. The number of hydrogen-bond donors (Lipinski definition) is 2. The number of aliphatic carboxylic acids is 1. The van der Waals surface area contributed by atoms with Crippen LogP contribution in [0.15, 0.2) is 0 Å². The van der Waals surface area contributed by atoms with Crippen molar-refractivity contribution in [2.45, 2.75) is 96.8 Å². The molecule has 4 heteroatoms. The van der Waals surface area contributed by atoms with Crippen molar-refractivity contribution in [3.63, 3.8) is 0 Å². The average molecular weight is 288 g/mol. The third kappa shape index (κ3) is 22.6. The van der Waals surface area contributed by atoms with E-state index >= 15 is 0 Å². The summed E-state index contributed by atoms with van der Waals surface area (Å²) in [6.45, 7) is 2.26. The predicted molar refractivity (Wildman–Crippen MR) is 82.4 cm³/mol. The summed E-state index contributed by atoms with van der Waals surface area (Å²) in [6, 6.07) is 0. The molecule has 0 heterocycles. The van der Waals surface area contributed by atoms with Gasteiger partial charge in [-0.15, -0.1) is 0 Å². The number of unbranched alkanes of at least 4 members (excludes halogenated alkanes) is 12. The second kappa shape index (κ2) is 20.7. The summed E-state index contributed by atoms with van der Waals surface area (Å²) in [7, 11) is 0. The fourth-order valence-corrected chi connectivity index (χ4v) is 2.29. The van der Waals surface area contributed by atoms with Crippen molar-refractivity contribution < 1.29 is 15.7 Å². The Labute approximate surface area is 125 Å². The number of nitrogens with two attached hydrogens (primary N) is 1. The number of carbonyl (C=O) groups is 1. The van der Waals surface area contributed by atoms with Gasteiger partial charge in [0, 0.05) is 5.97 Å². The minimum atomic E-state index is -0.905. The Hall–Kier alpha value is -0.610. The molecule has 0 rings (SSSR count). The van der Waals surface area contributed by atoms with E-state index in [0.717, 1.165) is 12.8 Å². The number of carboxylic acid groups (broad SMARTS) is 1. The molecule has 20 heavy (non-hydrogen) atoms. The molecule has 0 bridgehead atoms. The Morgan fingerprint density at radius 3 is 1.35 bits per heavy atom. The van der Waals surface area contributed by atoms with E-state index in [0.29, 0.717) is 0 Å². The van der Waals surface area contributed by atoms with Gasteiger partial charge in [0.15, 0.2) is 0 Å². The molecule has 0 fully saturated rings. The lowest BCUT2D eigenvalue weighted by Crippen LogP contribution is -2.59. The lowest BCUT2D eigenvalue weighted by atomic mass is 10.0. The van der Waals surface area contributed by atoms with Crippen LogP contribution in [-0.2, 0) is 4.79 Å². The van der Waals surface area contributed by atoms with E-state index in [2.05, 4.69) is 18.6 Å². The van der Waals surface area contributed by atoms with E-state index in [1.807, 2.05) is 0 Å². The molecule has 0 aromatic carbocycles. The molecule has 5 N–H and O–H groups in total. The first kappa shape index (κ1) is 21.7. The van der Waals surface area contributed by atoms with Crippen LogP contribution in [-0.4, -0.2) is 5.97 Å². The number of carbonyl (C=O) groups excluding carboxylic acids is 1. The number of hydrogen-bond acceptors (Lipinski definition) is 3. The van der Waals surface area contributed by atoms with Gasteiger partial charge in [-0.25, -0.2) is 0 Å². The van der Waals surface area contributed by atoms with Crippen molar-refractivity contribution in [1.29, 1.82) is 0 Å². The van der Waals surface area contributed by atoms with Gasteiger partial charge in [-0.2, -0.15) is 5.84 Å². The van der Waals surface area contributed by atoms with Crippen molar-refractivity contribution in [3.05, 3.63) is 0 Å². The van der Waals surface area contributed by atoms with Crippen LogP contribution in [0.4, 0.5) is 0 Å². The maximum absolute atomic E-state index is 10.2. The smallest absolute Gasteiger partial charge is 0.0414 e. The van der Waals surface area contributed by atoms with E-state index in [-0.39, 0.29) is 6.42 Å². The molecule has 0 aliphatic carbocycles. The molecule has 0 amide bonds. The van der Waals surface area contributed by atoms with Gasteiger partial charge in [-0.1, -0.05) is 84.0 Å². The second-order valence-corrected chi connectivity index (χ2v) is 5.36. The van der Waals surface area contributed by atoms with Crippen molar-refractivity contribution >= 4 is 5.97 Å². The van der Waals surface area contributed by atoms with Crippen LogP contribution in [0.3, 0.4) is 0 Å². The van der Waals surface area contributed by atoms with E-state index in [9.17, 15) is 9.90 Å². The number of quaternary nitrogens is 1. The summed E-state index contributed by atoms with van der Waals surface area (Å²) in [5.41, 5.74) is 0. The van der Waals surface area contributed by atoms with Crippen LogP contribution in [0.25, 0.3) is 0 Å². The molecule has 0 radical (unpaired) electrons. The Morgan fingerprint density at radius 1 is 0.750 bits per heavy atom. The lowest BCUT2D eigenvalue weighted by Gasteiger charge is -2.03. The second-order valence-electron chi connectivity index (χ2n) is 5.36. The first-order valence-electron chi connectivity index (χ1n) is 8.38. The molecule has 0 saturated heterocycles. The predicted octanol–water partition coefficient (Wildman–Crippen LogP) is 2.32. The maximum Gasteiger partial charge on any atom is 0.0414 e. The Bertz CT molecular complexity index is 187. The molecule has 0 atom stereocenters. The first-order chi connectivity index (χ1) is 9.77. The average Bonchev–Trinajstić information content (AvgIpc) is 2.46. The third-order valence-corrected chi connectivity index (χ3v) is 3.48. The van der Waals surface area contributed by atoms with Gasteiger partial charge in [0.25, 0.3) is 0 Å². The van der Waals surface area contributed by atoms with Crippen LogP contribution in [0.5, 0.6) is 0 Å². The van der Waals surface area contributed by atoms with Crippen LogP contribution < -0.4 is 16.8 Å². The fourth-order valence-electron chi connectivity index (χ4n) is 2.29. The zero-order valence-electron chi connectivity index (χ0n) is 13.5. The summed E-state index contributed by atoms with van der Waals surface area (Å²) >= 11 is 0. The van der Waals surface area contributed by atoms with E-state index in [1.165, 1.54) is 70.6 Å². The summed E-state index contributed by atoms with van der Waals surface area (Å²) in [5.74, 6) is 6.10. The van der Waals surface area contributed by atoms with Crippen LogP contribution >= 0.6 is 0 Å². The molecule has 0 spiro atoms. The van der Waals surface area contributed by atoms with E-state index in [1.54, 1.807) is 0 Å². The lowest BCUT2D eigenvalue weighted by molar-refractivity contribution is -0.379. The largest absolute Gasteiger partial charge is 0.550 e. The van der Waals surface area contributed by atoms with Crippen LogP contribution in [0, 0.1) is 0 Å². The molecule has 122 valence electrons. The van der Waals surface area contributed by atoms with Gasteiger partial charge in [-0.05, 0) is 12.8 Å². The van der Waals surface area contributed by atoms with Gasteiger partial charge in [0.2, 0.25) is 0 Å². The Kier molecular flexibility index (Phi) is 22.4. The summed E-state index contributed by atoms with van der Waals surface area (Å²) in [6.07, 6.45) is 16.9. The Morgan fingerprint density at radius 2 is 1.05 bits per heavy atom. The first-order valence-corrected chi connectivity index (χ1v) is 8.38. The van der Waals surface area contributed by atoms with E-state index in [4.69, 9.17) is 0 Å². The standard InChI is InChI=1S/C16H32O2.H4N2/c1-2-3-4-5-6-7-8-9-10-11-12-13-14-15-16(17)18;1-2/h2-15H2,1H3,(H,17,18);1-2H2. The number of rotatable bonds is 14. The zero-order chi connectivity index (χ0) is 15.5. The minimum absolute atomic E-state index is 0.234. The molecule has 0 aliphatic rings. The molecule has 0 aliphatic heterocycles. The highest BCUT2D eigenvalue weighted by Gasteiger charge is 1.93. The minimum Gasteiger partial charge on any atom is -0.550 e. The van der Waals surface area contributed by atoms with Gasteiger partial charge in [0.1, 0.15) is 0 Å². The van der Waals surface area contributed by atoms with Gasteiger partial charge < -0.3 is 9.90 Å². The van der Waals surface area contributed by atoms with Crippen molar-refractivity contribution in [1.82, 2.24) is 0 Å². The normalized spacial score (nSPS) is 9.95. The molecule has 0 unspecified atom stereocenters. The molecule has 0 aromatic rings. The molecular formula is C16H36N2O2. The number of carboxylic acids is 1. The van der Waals surface area contributed by atoms with Crippen LogP contribution in [0.2, 0.25) is 0 Å². The molecular weight excluding hydrogens is 252 g/mol. The highest BCUT2D eigenvalue weighted by molar-refractivity contribution is 5.63. The van der Waals surface area contributed by atoms with Gasteiger partial charge >= 0.3 is 0 Å². The molecule has 4 nitrogen and oxygen atoms in total. The SMILES string of the molecule is CCCCCCCCCCCCCCCC(=O)[O-].N[NH3+]. The molecule has 0 aromatic heterocycles. The summed E-state index contributed by atoms with van der Waals surface area (Å²) < 4.78 is 0. The van der Waals surface area contributed by atoms with Crippen molar-refractivity contribution in [2.24, 2.45) is 5.84 Å². The quantitative estimate of drug-likeness (QED) is 0.292. The highest BCUT2D eigenvalue weighted by atomic mass is 16.4. The van der Waals surface area contributed by atoms with Crippen molar-refractivity contribution in [3.8, 4) is 0 Å².